The molecule has 1 N–H and O–H groups in total. The standard InChI is InChI=1S/C20H16BrNO4S/c1-25-19(23)18-16(11-17(27-18)14-8-5-9-15(21)10-14)22-20(24)26-12-13-6-3-2-4-7-13/h2-11H,12H2,1H3,(H,22,24). The van der Waals surface area contributed by atoms with Gasteiger partial charge < -0.3 is 9.47 Å². The highest BCUT2D eigenvalue weighted by molar-refractivity contribution is 9.10. The third-order valence-electron chi connectivity index (χ3n) is 3.66. The monoisotopic (exact) mass is 445 g/mol. The van der Waals surface area contributed by atoms with E-state index in [4.69, 9.17) is 9.47 Å². The predicted molar refractivity (Wildman–Crippen MR) is 109 cm³/mol. The van der Waals surface area contributed by atoms with Gasteiger partial charge in [0.05, 0.1) is 12.8 Å². The number of ether oxygens (including phenoxy) is 2. The molecule has 27 heavy (non-hydrogen) atoms. The zero-order valence-corrected chi connectivity index (χ0v) is 16.8. The highest BCUT2D eigenvalue weighted by Gasteiger charge is 2.20. The van der Waals surface area contributed by atoms with Gasteiger partial charge in [0.15, 0.2) is 0 Å². The number of hydrogen-bond donors (Lipinski definition) is 1. The van der Waals surface area contributed by atoms with E-state index in [1.807, 2.05) is 54.6 Å². The molecule has 0 aliphatic carbocycles. The van der Waals surface area contributed by atoms with Gasteiger partial charge in [-0.2, -0.15) is 0 Å². The maximum absolute atomic E-state index is 12.2. The van der Waals surface area contributed by atoms with Crippen molar-refractivity contribution in [3.05, 3.63) is 75.6 Å². The molecule has 0 saturated carbocycles. The van der Waals surface area contributed by atoms with E-state index in [-0.39, 0.29) is 6.61 Å². The van der Waals surface area contributed by atoms with E-state index in [2.05, 4.69) is 21.2 Å². The van der Waals surface area contributed by atoms with Gasteiger partial charge in [-0.1, -0.05) is 58.4 Å². The van der Waals surface area contributed by atoms with Crippen molar-refractivity contribution >= 4 is 45.0 Å². The largest absolute Gasteiger partial charge is 0.465 e. The topological polar surface area (TPSA) is 64.6 Å². The zero-order valence-electron chi connectivity index (χ0n) is 14.4. The number of carbonyl (C=O) groups excluding carboxylic acids is 2. The Labute approximate surface area is 169 Å². The Kier molecular flexibility index (Phi) is 6.26. The summed E-state index contributed by atoms with van der Waals surface area (Å²) in [5.41, 5.74) is 2.16. The number of anilines is 1. The molecule has 0 unspecified atom stereocenters. The number of esters is 1. The van der Waals surface area contributed by atoms with Crippen LogP contribution in [0.2, 0.25) is 0 Å². The lowest BCUT2D eigenvalue weighted by atomic mass is 10.2. The number of amides is 1. The number of benzene rings is 2. The van der Waals surface area contributed by atoms with Crippen molar-refractivity contribution in [3.8, 4) is 10.4 Å². The lowest BCUT2D eigenvalue weighted by Gasteiger charge is -2.07. The summed E-state index contributed by atoms with van der Waals surface area (Å²) in [6.45, 7) is 0.142. The van der Waals surface area contributed by atoms with E-state index >= 15 is 0 Å². The van der Waals surface area contributed by atoms with Crippen LogP contribution in [0, 0.1) is 0 Å². The smallest absolute Gasteiger partial charge is 0.412 e. The van der Waals surface area contributed by atoms with Gasteiger partial charge in [0.1, 0.15) is 11.5 Å². The summed E-state index contributed by atoms with van der Waals surface area (Å²) in [5, 5.41) is 2.64. The first-order valence-electron chi connectivity index (χ1n) is 8.02. The molecule has 0 radical (unpaired) electrons. The van der Waals surface area contributed by atoms with Crippen molar-refractivity contribution in [1.82, 2.24) is 0 Å². The fourth-order valence-corrected chi connectivity index (χ4v) is 3.81. The third kappa shape index (κ3) is 4.96. The third-order valence-corrected chi connectivity index (χ3v) is 5.32. The van der Waals surface area contributed by atoms with E-state index in [0.29, 0.717) is 10.6 Å². The summed E-state index contributed by atoms with van der Waals surface area (Å²) in [6.07, 6.45) is -0.636. The number of halogens is 1. The zero-order chi connectivity index (χ0) is 19.2. The second kappa shape index (κ2) is 8.83. The maximum Gasteiger partial charge on any atom is 0.412 e. The molecule has 0 spiro atoms. The van der Waals surface area contributed by atoms with Crippen molar-refractivity contribution < 1.29 is 19.1 Å². The minimum absolute atomic E-state index is 0.142. The SMILES string of the molecule is COC(=O)c1sc(-c2cccc(Br)c2)cc1NC(=O)OCc1ccccc1. The Morgan fingerprint density at radius 3 is 2.56 bits per heavy atom. The molecule has 0 aliphatic heterocycles. The van der Waals surface area contributed by atoms with Crippen LogP contribution in [0.5, 0.6) is 0 Å². The average molecular weight is 446 g/mol. The molecule has 0 bridgehead atoms. The van der Waals surface area contributed by atoms with Gasteiger partial charge in [0.25, 0.3) is 0 Å². The highest BCUT2D eigenvalue weighted by atomic mass is 79.9. The van der Waals surface area contributed by atoms with Crippen LogP contribution < -0.4 is 5.32 Å². The van der Waals surface area contributed by atoms with Crippen LogP contribution in [0.25, 0.3) is 10.4 Å². The highest BCUT2D eigenvalue weighted by Crippen LogP contribution is 2.36. The summed E-state index contributed by atoms with van der Waals surface area (Å²) < 4.78 is 11.0. The normalized spacial score (nSPS) is 10.3. The predicted octanol–water partition coefficient (Wildman–Crippen LogP) is 5.71. The van der Waals surface area contributed by atoms with Crippen molar-refractivity contribution in [1.29, 1.82) is 0 Å². The van der Waals surface area contributed by atoms with Crippen LogP contribution >= 0.6 is 27.3 Å². The van der Waals surface area contributed by atoms with E-state index in [1.165, 1.54) is 18.4 Å². The average Bonchev–Trinajstić information content (AvgIpc) is 3.10. The molecule has 138 valence electrons. The fourth-order valence-electron chi connectivity index (χ4n) is 2.38. The Hall–Kier alpha value is -2.64. The van der Waals surface area contributed by atoms with Gasteiger partial charge in [0, 0.05) is 9.35 Å². The molecule has 0 atom stereocenters. The molecule has 0 saturated heterocycles. The Morgan fingerprint density at radius 2 is 1.85 bits per heavy atom. The van der Waals surface area contributed by atoms with Crippen molar-refractivity contribution in [2.24, 2.45) is 0 Å². The van der Waals surface area contributed by atoms with Crippen LogP contribution in [0.1, 0.15) is 15.2 Å². The number of hydrogen-bond acceptors (Lipinski definition) is 5. The molecule has 0 fully saturated rings. The molecule has 0 aliphatic rings. The summed E-state index contributed by atoms with van der Waals surface area (Å²) in [7, 11) is 1.30. The summed E-state index contributed by atoms with van der Waals surface area (Å²) in [5.74, 6) is -0.514. The lowest BCUT2D eigenvalue weighted by Crippen LogP contribution is -2.15. The van der Waals surface area contributed by atoms with Crippen LogP contribution in [0.3, 0.4) is 0 Å². The van der Waals surface area contributed by atoms with Gasteiger partial charge in [-0.15, -0.1) is 11.3 Å². The van der Waals surface area contributed by atoms with Gasteiger partial charge >= 0.3 is 12.1 Å². The number of carbonyl (C=O) groups is 2. The van der Waals surface area contributed by atoms with E-state index in [1.54, 1.807) is 6.07 Å². The van der Waals surface area contributed by atoms with Crippen molar-refractivity contribution in [2.75, 3.05) is 12.4 Å². The molecular formula is C20H16BrNO4S. The Bertz CT molecular complexity index is 956. The van der Waals surface area contributed by atoms with Gasteiger partial charge in [0.2, 0.25) is 0 Å². The minimum atomic E-state index is -0.636. The van der Waals surface area contributed by atoms with Crippen LogP contribution in [-0.4, -0.2) is 19.2 Å². The van der Waals surface area contributed by atoms with Crippen LogP contribution in [0.4, 0.5) is 10.5 Å². The van der Waals surface area contributed by atoms with Crippen LogP contribution in [-0.2, 0) is 16.1 Å². The summed E-state index contributed by atoms with van der Waals surface area (Å²) in [4.78, 5) is 25.4. The quantitative estimate of drug-likeness (QED) is 0.510. The number of thiophene rings is 1. The molecule has 1 heterocycles. The Balaban J connectivity index is 1.78. The number of nitrogens with one attached hydrogen (secondary N) is 1. The van der Waals surface area contributed by atoms with Crippen LogP contribution in [0.15, 0.2) is 65.1 Å². The second-order valence-electron chi connectivity index (χ2n) is 5.54. The molecular weight excluding hydrogens is 430 g/mol. The summed E-state index contributed by atoms with van der Waals surface area (Å²) in [6, 6.07) is 18.8. The molecule has 2 aromatic carbocycles. The molecule has 3 aromatic rings. The van der Waals surface area contributed by atoms with E-state index < -0.39 is 12.1 Å². The van der Waals surface area contributed by atoms with E-state index in [9.17, 15) is 9.59 Å². The minimum Gasteiger partial charge on any atom is -0.465 e. The summed E-state index contributed by atoms with van der Waals surface area (Å²) >= 11 is 4.68. The second-order valence-corrected chi connectivity index (χ2v) is 7.51. The maximum atomic E-state index is 12.2. The number of rotatable bonds is 5. The molecule has 1 amide bonds. The first-order valence-corrected chi connectivity index (χ1v) is 9.63. The van der Waals surface area contributed by atoms with Gasteiger partial charge in [-0.25, -0.2) is 9.59 Å². The van der Waals surface area contributed by atoms with Gasteiger partial charge in [-0.3, -0.25) is 5.32 Å². The molecule has 1 aromatic heterocycles. The fraction of sp³-hybridized carbons (Fsp3) is 0.100. The first-order chi connectivity index (χ1) is 13.1. The molecule has 5 nitrogen and oxygen atoms in total. The molecule has 7 heteroatoms. The van der Waals surface area contributed by atoms with Crippen molar-refractivity contribution in [3.63, 3.8) is 0 Å². The van der Waals surface area contributed by atoms with Gasteiger partial charge in [-0.05, 0) is 29.3 Å². The molecule has 3 rings (SSSR count). The van der Waals surface area contributed by atoms with E-state index in [0.717, 1.165) is 20.5 Å². The number of methoxy groups -OCH3 is 1. The van der Waals surface area contributed by atoms with Crippen molar-refractivity contribution in [2.45, 2.75) is 6.61 Å². The Morgan fingerprint density at radius 1 is 1.07 bits per heavy atom. The lowest BCUT2D eigenvalue weighted by molar-refractivity contribution is 0.0607. The first kappa shape index (κ1) is 19.1.